The van der Waals surface area contributed by atoms with Crippen LogP contribution in [0, 0.1) is 0 Å². The number of hydrogen-bond donors (Lipinski definition) is 1. The lowest BCUT2D eigenvalue weighted by molar-refractivity contribution is 0.0951. The van der Waals surface area contributed by atoms with E-state index in [1.807, 2.05) is 6.07 Å². The van der Waals surface area contributed by atoms with Crippen molar-refractivity contribution < 1.29 is 9.53 Å². The van der Waals surface area contributed by atoms with Crippen LogP contribution >= 0.6 is 23.2 Å². The summed E-state index contributed by atoms with van der Waals surface area (Å²) in [4.78, 5) is 12.0. The molecule has 104 valence electrons. The van der Waals surface area contributed by atoms with Crippen LogP contribution in [0.15, 0.2) is 42.5 Å². The van der Waals surface area contributed by atoms with Crippen molar-refractivity contribution in [3.8, 4) is 5.75 Å². The predicted octanol–water partition coefficient (Wildman–Crippen LogP) is 3.93. The lowest BCUT2D eigenvalue weighted by atomic mass is 10.2. The number of carbonyl (C=O) groups is 1. The number of halogens is 2. The van der Waals surface area contributed by atoms with E-state index in [1.165, 1.54) is 0 Å². The smallest absolute Gasteiger partial charge is 0.251 e. The Bertz CT molecular complexity index is 612. The van der Waals surface area contributed by atoms with Crippen molar-refractivity contribution in [2.45, 2.75) is 6.54 Å². The van der Waals surface area contributed by atoms with Crippen molar-refractivity contribution >= 4 is 29.1 Å². The summed E-state index contributed by atoms with van der Waals surface area (Å²) in [6.07, 6.45) is 0. The van der Waals surface area contributed by atoms with Crippen LogP contribution in [-0.2, 0) is 6.54 Å². The van der Waals surface area contributed by atoms with E-state index in [-0.39, 0.29) is 5.91 Å². The molecule has 0 aliphatic rings. The second kappa shape index (κ2) is 6.64. The van der Waals surface area contributed by atoms with Crippen molar-refractivity contribution in [2.75, 3.05) is 7.11 Å². The second-order valence-corrected chi connectivity index (χ2v) is 4.97. The SMILES string of the molecule is COc1ccc(C(=O)NCc2ccc(Cl)c(Cl)c2)cc1. The second-order valence-electron chi connectivity index (χ2n) is 4.16. The average Bonchev–Trinajstić information content (AvgIpc) is 2.48. The molecule has 1 amide bonds. The zero-order chi connectivity index (χ0) is 14.5. The Kier molecular flexibility index (Phi) is 4.88. The van der Waals surface area contributed by atoms with Gasteiger partial charge in [-0.3, -0.25) is 4.79 Å². The van der Waals surface area contributed by atoms with E-state index in [1.54, 1.807) is 43.5 Å². The van der Waals surface area contributed by atoms with Crippen molar-refractivity contribution in [1.82, 2.24) is 5.32 Å². The van der Waals surface area contributed by atoms with Crippen LogP contribution in [0.2, 0.25) is 10.0 Å². The van der Waals surface area contributed by atoms with E-state index in [9.17, 15) is 4.79 Å². The van der Waals surface area contributed by atoms with E-state index in [2.05, 4.69) is 5.32 Å². The molecule has 0 atom stereocenters. The van der Waals surface area contributed by atoms with E-state index in [0.29, 0.717) is 27.9 Å². The predicted molar refractivity (Wildman–Crippen MR) is 80.6 cm³/mol. The normalized spacial score (nSPS) is 10.2. The van der Waals surface area contributed by atoms with E-state index in [0.717, 1.165) is 5.56 Å². The van der Waals surface area contributed by atoms with Crippen LogP contribution in [0.3, 0.4) is 0 Å². The van der Waals surface area contributed by atoms with Crippen molar-refractivity contribution in [1.29, 1.82) is 0 Å². The summed E-state index contributed by atoms with van der Waals surface area (Å²) < 4.78 is 5.04. The molecule has 2 rings (SSSR count). The van der Waals surface area contributed by atoms with Gasteiger partial charge in [0.25, 0.3) is 5.91 Å². The van der Waals surface area contributed by atoms with Gasteiger partial charge < -0.3 is 10.1 Å². The number of rotatable bonds is 4. The molecule has 0 heterocycles. The summed E-state index contributed by atoms with van der Waals surface area (Å²) in [5.41, 5.74) is 1.46. The molecule has 20 heavy (non-hydrogen) atoms. The summed E-state index contributed by atoms with van der Waals surface area (Å²) in [5.74, 6) is 0.560. The Labute approximate surface area is 127 Å². The van der Waals surface area contributed by atoms with Crippen LogP contribution in [0.4, 0.5) is 0 Å². The number of hydrogen-bond acceptors (Lipinski definition) is 2. The minimum Gasteiger partial charge on any atom is -0.497 e. The first-order chi connectivity index (χ1) is 9.60. The topological polar surface area (TPSA) is 38.3 Å². The molecule has 0 bridgehead atoms. The van der Waals surface area contributed by atoms with Crippen LogP contribution in [0.5, 0.6) is 5.75 Å². The maximum Gasteiger partial charge on any atom is 0.251 e. The first-order valence-electron chi connectivity index (χ1n) is 5.96. The third-order valence-electron chi connectivity index (χ3n) is 2.79. The van der Waals surface area contributed by atoms with Crippen molar-refractivity contribution in [3.05, 3.63) is 63.6 Å². The largest absolute Gasteiger partial charge is 0.497 e. The maximum absolute atomic E-state index is 12.0. The standard InChI is InChI=1S/C15H13Cl2NO2/c1-20-12-5-3-11(4-6-12)15(19)18-9-10-2-7-13(16)14(17)8-10/h2-8H,9H2,1H3,(H,18,19). The zero-order valence-electron chi connectivity index (χ0n) is 10.8. The average molecular weight is 310 g/mol. The third kappa shape index (κ3) is 3.65. The molecule has 0 aromatic heterocycles. The van der Waals surface area contributed by atoms with Gasteiger partial charge >= 0.3 is 0 Å². The highest BCUT2D eigenvalue weighted by atomic mass is 35.5. The fourth-order valence-electron chi connectivity index (χ4n) is 1.68. The quantitative estimate of drug-likeness (QED) is 0.929. The Morgan fingerprint density at radius 3 is 2.40 bits per heavy atom. The molecule has 2 aromatic carbocycles. The molecule has 0 saturated heterocycles. The first-order valence-corrected chi connectivity index (χ1v) is 6.72. The van der Waals surface area contributed by atoms with E-state index in [4.69, 9.17) is 27.9 Å². The number of ether oxygens (including phenoxy) is 1. The molecule has 0 saturated carbocycles. The Morgan fingerprint density at radius 1 is 1.10 bits per heavy atom. The molecule has 0 unspecified atom stereocenters. The number of methoxy groups -OCH3 is 1. The first kappa shape index (κ1) is 14.7. The van der Waals surface area contributed by atoms with Crippen LogP contribution in [-0.4, -0.2) is 13.0 Å². The van der Waals surface area contributed by atoms with Gasteiger partial charge in [-0.15, -0.1) is 0 Å². The number of nitrogens with one attached hydrogen (secondary N) is 1. The maximum atomic E-state index is 12.0. The van der Waals surface area contributed by atoms with Gasteiger partial charge in [-0.25, -0.2) is 0 Å². The van der Waals surface area contributed by atoms with Gasteiger partial charge in [-0.1, -0.05) is 29.3 Å². The van der Waals surface area contributed by atoms with E-state index >= 15 is 0 Å². The van der Waals surface area contributed by atoms with Gasteiger partial charge in [-0.2, -0.15) is 0 Å². The Balaban J connectivity index is 1.98. The molecule has 0 aliphatic heterocycles. The molecular formula is C15H13Cl2NO2. The number of carbonyl (C=O) groups excluding carboxylic acids is 1. The highest BCUT2D eigenvalue weighted by Crippen LogP contribution is 2.22. The van der Waals surface area contributed by atoms with Gasteiger partial charge in [-0.05, 0) is 42.0 Å². The molecule has 2 aromatic rings. The summed E-state index contributed by atoms with van der Waals surface area (Å²) in [5, 5.41) is 3.79. The minimum atomic E-state index is -0.154. The van der Waals surface area contributed by atoms with Crippen molar-refractivity contribution in [3.63, 3.8) is 0 Å². The van der Waals surface area contributed by atoms with Gasteiger partial charge in [0, 0.05) is 12.1 Å². The van der Waals surface area contributed by atoms with Gasteiger partial charge in [0.2, 0.25) is 0 Å². The summed E-state index contributed by atoms with van der Waals surface area (Å²) in [6, 6.07) is 12.2. The monoisotopic (exact) mass is 309 g/mol. The Hall–Kier alpha value is -1.71. The summed E-state index contributed by atoms with van der Waals surface area (Å²) >= 11 is 11.8. The van der Waals surface area contributed by atoms with Crippen LogP contribution < -0.4 is 10.1 Å². The zero-order valence-corrected chi connectivity index (χ0v) is 12.3. The minimum absolute atomic E-state index is 0.154. The molecule has 0 spiro atoms. The van der Waals surface area contributed by atoms with Gasteiger partial charge in [0.05, 0.1) is 17.2 Å². The molecule has 0 aliphatic carbocycles. The highest BCUT2D eigenvalue weighted by molar-refractivity contribution is 6.42. The molecule has 0 fully saturated rings. The van der Waals surface area contributed by atoms with Crippen LogP contribution in [0.1, 0.15) is 15.9 Å². The summed E-state index contributed by atoms with van der Waals surface area (Å²) in [6.45, 7) is 0.391. The fourth-order valence-corrected chi connectivity index (χ4v) is 2.00. The van der Waals surface area contributed by atoms with Crippen LogP contribution in [0.25, 0.3) is 0 Å². The lowest BCUT2D eigenvalue weighted by Gasteiger charge is -2.07. The van der Waals surface area contributed by atoms with E-state index < -0.39 is 0 Å². The molecule has 5 heteroatoms. The third-order valence-corrected chi connectivity index (χ3v) is 3.53. The highest BCUT2D eigenvalue weighted by Gasteiger charge is 2.06. The molecular weight excluding hydrogens is 297 g/mol. The fraction of sp³-hybridized carbons (Fsp3) is 0.133. The Morgan fingerprint density at radius 2 is 1.80 bits per heavy atom. The molecule has 0 radical (unpaired) electrons. The summed E-state index contributed by atoms with van der Waals surface area (Å²) in [7, 11) is 1.58. The number of benzene rings is 2. The molecule has 3 nitrogen and oxygen atoms in total. The van der Waals surface area contributed by atoms with Gasteiger partial charge in [0.1, 0.15) is 5.75 Å². The molecule has 1 N–H and O–H groups in total. The number of amides is 1. The van der Waals surface area contributed by atoms with Gasteiger partial charge in [0.15, 0.2) is 0 Å². The lowest BCUT2D eigenvalue weighted by Crippen LogP contribution is -2.22. The van der Waals surface area contributed by atoms with Crippen molar-refractivity contribution in [2.24, 2.45) is 0 Å².